The normalized spacial score (nSPS) is 21.1. The van der Waals surface area contributed by atoms with Gasteiger partial charge in [-0.1, -0.05) is 42.2 Å². The lowest BCUT2D eigenvalue weighted by Gasteiger charge is -2.57. The first-order valence-corrected chi connectivity index (χ1v) is 13.4. The number of ether oxygens (including phenoxy) is 1. The number of amides is 2. The second kappa shape index (κ2) is 12.2. The average molecular weight is 509 g/mol. The van der Waals surface area contributed by atoms with E-state index >= 15 is 0 Å². The molecule has 2 fully saturated rings. The number of benzene rings is 3. The zero-order valence-electron chi connectivity index (χ0n) is 22.2. The molecular formula is C32H36N4O2. The molecule has 2 aliphatic heterocycles. The fourth-order valence-corrected chi connectivity index (χ4v) is 5.69. The van der Waals surface area contributed by atoms with Crippen molar-refractivity contribution in [3.63, 3.8) is 0 Å². The Morgan fingerprint density at radius 2 is 1.61 bits per heavy atom. The first-order valence-electron chi connectivity index (χ1n) is 13.4. The molecule has 0 aliphatic carbocycles. The molecule has 0 spiro atoms. The van der Waals surface area contributed by atoms with Crippen LogP contribution in [0.2, 0.25) is 0 Å². The van der Waals surface area contributed by atoms with Crippen molar-refractivity contribution in [1.82, 2.24) is 15.1 Å². The van der Waals surface area contributed by atoms with Gasteiger partial charge in [0.05, 0.1) is 7.11 Å². The predicted molar refractivity (Wildman–Crippen MR) is 153 cm³/mol. The lowest BCUT2D eigenvalue weighted by atomic mass is 9.74. The van der Waals surface area contributed by atoms with Crippen molar-refractivity contribution in [1.29, 1.82) is 0 Å². The van der Waals surface area contributed by atoms with Crippen LogP contribution in [0.1, 0.15) is 35.4 Å². The lowest BCUT2D eigenvalue weighted by Crippen LogP contribution is -2.69. The van der Waals surface area contributed by atoms with Crippen molar-refractivity contribution in [3.8, 4) is 17.6 Å². The Balaban J connectivity index is 1.31. The summed E-state index contributed by atoms with van der Waals surface area (Å²) in [5.41, 5.74) is 4.12. The van der Waals surface area contributed by atoms with Crippen LogP contribution in [0.5, 0.6) is 5.75 Å². The van der Waals surface area contributed by atoms with E-state index in [0.717, 1.165) is 55.0 Å². The molecule has 2 N–H and O–H groups in total. The number of carbonyl (C=O) groups excluding carboxylic acids is 1. The Morgan fingerprint density at radius 1 is 0.921 bits per heavy atom. The number of rotatable bonds is 5. The highest BCUT2D eigenvalue weighted by Crippen LogP contribution is 2.42. The van der Waals surface area contributed by atoms with Crippen LogP contribution < -0.4 is 15.4 Å². The number of hydrogen-bond donors (Lipinski definition) is 2. The quantitative estimate of drug-likeness (QED) is 0.487. The van der Waals surface area contributed by atoms with E-state index in [1.165, 1.54) is 5.56 Å². The zero-order chi connectivity index (χ0) is 26.3. The van der Waals surface area contributed by atoms with E-state index in [1.807, 2.05) is 66.5 Å². The maximum Gasteiger partial charge on any atom is 0.321 e. The molecule has 38 heavy (non-hydrogen) atoms. The van der Waals surface area contributed by atoms with Crippen molar-refractivity contribution in [2.45, 2.75) is 30.8 Å². The Bertz CT molecular complexity index is 1260. The summed E-state index contributed by atoms with van der Waals surface area (Å²) in [6.45, 7) is 3.48. The highest BCUT2D eigenvalue weighted by molar-refractivity contribution is 5.89. The van der Waals surface area contributed by atoms with Crippen LogP contribution in [0.4, 0.5) is 10.5 Å². The second-order valence-electron chi connectivity index (χ2n) is 10.0. The van der Waals surface area contributed by atoms with Crippen molar-refractivity contribution in [2.75, 3.05) is 45.7 Å². The Labute approximate surface area is 226 Å². The molecule has 2 amide bonds. The van der Waals surface area contributed by atoms with Gasteiger partial charge in [-0.15, -0.1) is 0 Å². The minimum absolute atomic E-state index is 0.0423. The van der Waals surface area contributed by atoms with Crippen LogP contribution in [-0.2, 0) is 0 Å². The molecule has 3 aromatic carbocycles. The van der Waals surface area contributed by atoms with Gasteiger partial charge in [-0.3, -0.25) is 4.90 Å². The largest absolute Gasteiger partial charge is 0.497 e. The number of nitrogens with one attached hydrogen (secondary N) is 2. The van der Waals surface area contributed by atoms with Crippen molar-refractivity contribution in [2.24, 2.45) is 0 Å². The number of likely N-dealkylation sites (N-methyl/N-ethyl adjacent to an activating group) is 1. The van der Waals surface area contributed by atoms with Crippen LogP contribution in [0.15, 0.2) is 78.9 Å². The van der Waals surface area contributed by atoms with Crippen molar-refractivity contribution < 1.29 is 9.53 Å². The Morgan fingerprint density at radius 3 is 2.29 bits per heavy atom. The molecule has 0 radical (unpaired) electrons. The predicted octanol–water partition coefficient (Wildman–Crippen LogP) is 4.78. The number of fused-ring (bicyclic) bond motifs is 1. The van der Waals surface area contributed by atoms with Gasteiger partial charge >= 0.3 is 6.03 Å². The summed E-state index contributed by atoms with van der Waals surface area (Å²) in [4.78, 5) is 17.9. The third-order valence-electron chi connectivity index (χ3n) is 7.65. The molecule has 2 aliphatic rings. The molecular weight excluding hydrogens is 472 g/mol. The molecule has 2 heterocycles. The molecule has 0 saturated carbocycles. The standard InChI is InChI=1S/C32H36N4O2/c1-33-22-29-31(26-14-12-25(13-15-26)11-10-24-8-4-3-5-9-24)30-23-35(20-6-7-21-36(29)30)32(37)34-27-16-18-28(38-2)19-17-27/h3-5,8-9,12-19,29-31,33H,6-7,20-23H2,1-2H3,(H,34,37)/t29-,30+,31+/m1/s1. The molecule has 3 aromatic rings. The van der Waals surface area contributed by atoms with Crippen LogP contribution in [0.25, 0.3) is 0 Å². The van der Waals surface area contributed by atoms with Crippen molar-refractivity contribution >= 4 is 11.7 Å². The summed E-state index contributed by atoms with van der Waals surface area (Å²) < 4.78 is 5.24. The van der Waals surface area contributed by atoms with Crippen LogP contribution >= 0.6 is 0 Å². The van der Waals surface area contributed by atoms with Crippen molar-refractivity contribution in [3.05, 3.63) is 95.6 Å². The van der Waals surface area contributed by atoms with E-state index in [4.69, 9.17) is 4.74 Å². The number of anilines is 1. The maximum atomic E-state index is 13.3. The fraction of sp³-hybridized carbons (Fsp3) is 0.344. The summed E-state index contributed by atoms with van der Waals surface area (Å²) in [6, 6.07) is 26.9. The Kier molecular flexibility index (Phi) is 8.28. The molecule has 3 atom stereocenters. The summed E-state index contributed by atoms with van der Waals surface area (Å²) in [5, 5.41) is 6.48. The molecule has 0 aromatic heterocycles. The van der Waals surface area contributed by atoms with Crippen LogP contribution in [0, 0.1) is 11.8 Å². The van der Waals surface area contributed by atoms with Gasteiger partial charge in [0.25, 0.3) is 0 Å². The SMILES string of the molecule is CNC[C@@H]1[C@H](c2ccc(C#Cc3ccccc3)cc2)[C@@H]2CN(C(=O)Nc3ccc(OC)cc3)CCCCN12. The zero-order valence-corrected chi connectivity index (χ0v) is 22.2. The van der Waals surface area contributed by atoms with Gasteiger partial charge in [-0.25, -0.2) is 4.79 Å². The van der Waals surface area contributed by atoms with Gasteiger partial charge in [-0.2, -0.15) is 0 Å². The van der Waals surface area contributed by atoms with Gasteiger partial charge in [0.1, 0.15) is 5.75 Å². The molecule has 6 nitrogen and oxygen atoms in total. The minimum atomic E-state index is -0.0423. The topological polar surface area (TPSA) is 56.8 Å². The van der Waals surface area contributed by atoms with Gasteiger partial charge < -0.3 is 20.3 Å². The first kappa shape index (κ1) is 25.8. The summed E-state index contributed by atoms with van der Waals surface area (Å²) in [6.07, 6.45) is 2.09. The minimum Gasteiger partial charge on any atom is -0.497 e. The maximum absolute atomic E-state index is 13.3. The smallest absolute Gasteiger partial charge is 0.321 e. The number of hydrogen-bond acceptors (Lipinski definition) is 4. The highest BCUT2D eigenvalue weighted by atomic mass is 16.5. The third-order valence-corrected chi connectivity index (χ3v) is 7.65. The average Bonchev–Trinajstić information content (AvgIpc) is 2.94. The van der Waals surface area contributed by atoms with E-state index in [-0.39, 0.29) is 12.1 Å². The lowest BCUT2D eigenvalue weighted by molar-refractivity contribution is -0.0335. The second-order valence-corrected chi connectivity index (χ2v) is 10.0. The molecule has 2 saturated heterocycles. The van der Waals surface area contributed by atoms with E-state index in [0.29, 0.717) is 18.5 Å². The van der Waals surface area contributed by atoms with E-state index in [9.17, 15) is 4.79 Å². The van der Waals surface area contributed by atoms with E-state index in [2.05, 4.69) is 51.6 Å². The Hall–Kier alpha value is -3.79. The van der Waals surface area contributed by atoms with Gasteiger partial charge in [0.2, 0.25) is 0 Å². The van der Waals surface area contributed by atoms with Gasteiger partial charge in [-0.05, 0) is 80.5 Å². The third kappa shape index (κ3) is 5.85. The summed E-state index contributed by atoms with van der Waals surface area (Å²) >= 11 is 0. The molecule has 6 heteroatoms. The first-order chi connectivity index (χ1) is 18.7. The number of methoxy groups -OCH3 is 1. The fourth-order valence-electron chi connectivity index (χ4n) is 5.69. The van der Waals surface area contributed by atoms with E-state index in [1.54, 1.807) is 7.11 Å². The summed E-state index contributed by atoms with van der Waals surface area (Å²) in [5.74, 6) is 7.66. The van der Waals surface area contributed by atoms with Gasteiger partial charge in [0.15, 0.2) is 0 Å². The molecule has 0 bridgehead atoms. The number of nitrogens with zero attached hydrogens (tertiary/aromatic N) is 2. The monoisotopic (exact) mass is 508 g/mol. The number of carbonyl (C=O) groups is 1. The summed E-state index contributed by atoms with van der Waals surface area (Å²) in [7, 11) is 3.66. The molecule has 0 unspecified atom stereocenters. The van der Waals surface area contributed by atoms with E-state index < -0.39 is 0 Å². The van der Waals surface area contributed by atoms with Crippen LogP contribution in [0.3, 0.4) is 0 Å². The molecule has 196 valence electrons. The molecule has 5 rings (SSSR count). The van der Waals surface area contributed by atoms with Gasteiger partial charge in [0, 0.05) is 54.5 Å². The number of urea groups is 1. The van der Waals surface area contributed by atoms with Crippen LogP contribution in [-0.4, -0.2) is 68.3 Å². The highest BCUT2D eigenvalue weighted by Gasteiger charge is 2.49.